The largest absolute Gasteiger partial charge is 0.573 e. The molecule has 0 spiro atoms. The smallest absolute Gasteiger partial charge is 0.404 e. The summed E-state index contributed by atoms with van der Waals surface area (Å²) in [5.41, 5.74) is 0.481. The van der Waals surface area contributed by atoms with E-state index in [1.807, 2.05) is 0 Å². The van der Waals surface area contributed by atoms with Crippen molar-refractivity contribution in [2.45, 2.75) is 18.2 Å². The lowest BCUT2D eigenvalue weighted by Gasteiger charge is -2.10. The van der Waals surface area contributed by atoms with Gasteiger partial charge in [-0.05, 0) is 24.6 Å². The molecule has 0 amide bonds. The highest BCUT2D eigenvalue weighted by atomic mass is 32.2. The highest BCUT2D eigenvalue weighted by Gasteiger charge is 2.32. The van der Waals surface area contributed by atoms with Crippen LogP contribution in [0.1, 0.15) is 5.56 Å². The molecule has 0 heterocycles. The van der Waals surface area contributed by atoms with Crippen molar-refractivity contribution in [2.75, 3.05) is 0 Å². The van der Waals surface area contributed by atoms with E-state index in [0.29, 0.717) is 5.56 Å². The summed E-state index contributed by atoms with van der Waals surface area (Å²) in [7, 11) is -3.11. The van der Waals surface area contributed by atoms with Crippen LogP contribution in [0.4, 0.5) is 13.2 Å². The molecule has 1 aromatic rings. The number of hydrogen-bond donors (Lipinski definition) is 1. The summed E-state index contributed by atoms with van der Waals surface area (Å²) in [5.74, 6) is -0.696. The lowest BCUT2D eigenvalue weighted by atomic mass is 10.2. The molecule has 0 atom stereocenters. The van der Waals surface area contributed by atoms with Crippen molar-refractivity contribution in [3.63, 3.8) is 0 Å². The second-order valence-electron chi connectivity index (χ2n) is 2.78. The molecule has 0 N–H and O–H groups in total. The molecule has 3 nitrogen and oxygen atoms in total. The summed E-state index contributed by atoms with van der Waals surface area (Å²) < 4.78 is 60.5. The molecule has 84 valence electrons. The van der Waals surface area contributed by atoms with Crippen LogP contribution in [0.25, 0.3) is 0 Å². The van der Waals surface area contributed by atoms with Gasteiger partial charge in [-0.15, -0.1) is 13.2 Å². The van der Waals surface area contributed by atoms with Gasteiger partial charge in [0, 0.05) is 0 Å². The van der Waals surface area contributed by atoms with Gasteiger partial charge in [-0.2, -0.15) is 0 Å². The molecule has 1 rings (SSSR count). The zero-order valence-corrected chi connectivity index (χ0v) is 8.43. The molecule has 0 bridgehead atoms. The van der Waals surface area contributed by atoms with Crippen molar-refractivity contribution < 1.29 is 26.3 Å². The molecule has 15 heavy (non-hydrogen) atoms. The zero-order valence-electron chi connectivity index (χ0n) is 7.54. The van der Waals surface area contributed by atoms with Crippen LogP contribution >= 0.6 is 0 Å². The van der Waals surface area contributed by atoms with E-state index in [-0.39, 0.29) is 0 Å². The fraction of sp³-hybridized carbons (Fsp3) is 0.250. The first-order valence-electron chi connectivity index (χ1n) is 3.80. The van der Waals surface area contributed by atoms with Crippen LogP contribution < -0.4 is 4.74 Å². The summed E-state index contributed by atoms with van der Waals surface area (Å²) in [6.07, 6.45) is -4.89. The number of ether oxygens (including phenoxy) is 1. The number of aryl methyl sites for hydroxylation is 1. The molecule has 0 radical (unpaired) electrons. The number of rotatable bonds is 2. The summed E-state index contributed by atoms with van der Waals surface area (Å²) in [4.78, 5) is -0.479. The second kappa shape index (κ2) is 4.09. The van der Waals surface area contributed by atoms with Crippen molar-refractivity contribution >= 4 is 10.7 Å². The first-order chi connectivity index (χ1) is 6.79. The maximum atomic E-state index is 11.9. The minimum Gasteiger partial charge on any atom is -0.404 e. The molecular formula is C8H7F3O3S. The molecule has 7 heteroatoms. The van der Waals surface area contributed by atoms with Crippen molar-refractivity contribution in [1.29, 1.82) is 0 Å². The van der Waals surface area contributed by atoms with Gasteiger partial charge in [-0.3, -0.25) is 0 Å². The Hall–Kier alpha value is -1.24. The lowest BCUT2D eigenvalue weighted by Crippen LogP contribution is -2.18. The summed E-state index contributed by atoms with van der Waals surface area (Å²) in [6.45, 7) is 1.53. The Morgan fingerprint density at radius 1 is 1.27 bits per heavy atom. The second-order valence-corrected chi connectivity index (χ2v) is 3.77. The Morgan fingerprint density at radius 2 is 1.87 bits per heavy atom. The zero-order chi connectivity index (χ0) is 11.6. The molecule has 0 saturated heterocycles. The van der Waals surface area contributed by atoms with Crippen LogP contribution in [0.15, 0.2) is 23.1 Å². The van der Waals surface area contributed by atoms with Gasteiger partial charge in [-0.25, -0.2) is 8.42 Å². The first-order valence-corrected chi connectivity index (χ1v) is 4.98. The maximum absolute atomic E-state index is 11.9. The highest BCUT2D eigenvalue weighted by Crippen LogP contribution is 2.28. The normalized spacial score (nSPS) is 11.8. The Morgan fingerprint density at radius 3 is 2.33 bits per heavy atom. The van der Waals surface area contributed by atoms with E-state index in [1.54, 1.807) is 0 Å². The average Bonchev–Trinajstić information content (AvgIpc) is 1.99. The van der Waals surface area contributed by atoms with E-state index in [4.69, 9.17) is 0 Å². The van der Waals surface area contributed by atoms with Gasteiger partial charge in [0.2, 0.25) is 0 Å². The summed E-state index contributed by atoms with van der Waals surface area (Å²) >= 11 is 0. The predicted octanol–water partition coefficient (Wildman–Crippen LogP) is 1.86. The first kappa shape index (κ1) is 11.8. The summed E-state index contributed by atoms with van der Waals surface area (Å²) in [5, 5.41) is 0. The van der Waals surface area contributed by atoms with Gasteiger partial charge in [0.25, 0.3) is 0 Å². The number of hydrogen-bond acceptors (Lipinski definition) is 3. The molecule has 0 aliphatic heterocycles. The molecule has 0 saturated carbocycles. The van der Waals surface area contributed by atoms with E-state index in [0.717, 1.165) is 12.1 Å². The van der Waals surface area contributed by atoms with Crippen LogP contribution in [-0.2, 0) is 10.7 Å². The van der Waals surface area contributed by atoms with Gasteiger partial charge >= 0.3 is 6.36 Å². The van der Waals surface area contributed by atoms with E-state index >= 15 is 0 Å². The topological polar surface area (TPSA) is 43.4 Å². The predicted molar refractivity (Wildman–Crippen MR) is 46.4 cm³/mol. The summed E-state index contributed by atoms with van der Waals surface area (Å²) in [6, 6.07) is 3.49. The van der Waals surface area contributed by atoms with E-state index < -0.39 is 27.7 Å². The van der Waals surface area contributed by atoms with Gasteiger partial charge in [0.15, 0.2) is 10.7 Å². The van der Waals surface area contributed by atoms with Gasteiger partial charge in [-0.1, -0.05) is 6.07 Å². The Labute approximate surface area is 85.4 Å². The van der Waals surface area contributed by atoms with Crippen LogP contribution in [-0.4, -0.2) is 14.8 Å². The van der Waals surface area contributed by atoms with Gasteiger partial charge in [0.05, 0.1) is 0 Å². The minimum atomic E-state index is -4.89. The third-order valence-electron chi connectivity index (χ3n) is 1.54. The van der Waals surface area contributed by atoms with Crippen molar-refractivity contribution in [2.24, 2.45) is 0 Å². The molecule has 0 aromatic heterocycles. The SMILES string of the molecule is Cc1ccc([SH](=O)=O)c(OC(F)(F)F)c1. The Kier molecular flexibility index (Phi) is 3.23. The van der Waals surface area contributed by atoms with Crippen LogP contribution in [0.5, 0.6) is 5.75 Å². The number of benzene rings is 1. The quantitative estimate of drug-likeness (QED) is 0.802. The standard InChI is InChI=1S/C8H7F3O3S/c1-5-2-3-7(15(12)13)6(4-5)14-8(9,10)11/h2-4,15H,1H3. The van der Waals surface area contributed by atoms with Gasteiger partial charge < -0.3 is 4.74 Å². The fourth-order valence-electron chi connectivity index (χ4n) is 0.979. The van der Waals surface area contributed by atoms with Crippen molar-refractivity contribution in [3.8, 4) is 5.75 Å². The molecule has 1 aromatic carbocycles. The highest BCUT2D eigenvalue weighted by molar-refractivity contribution is 7.72. The van der Waals surface area contributed by atoms with Crippen LogP contribution in [0.3, 0.4) is 0 Å². The molecular weight excluding hydrogens is 233 g/mol. The number of halogens is 3. The van der Waals surface area contributed by atoms with Gasteiger partial charge in [0.1, 0.15) is 10.6 Å². The number of alkyl halides is 3. The molecule has 0 fully saturated rings. The van der Waals surface area contributed by atoms with Crippen molar-refractivity contribution in [1.82, 2.24) is 0 Å². The van der Waals surface area contributed by atoms with Crippen LogP contribution in [0.2, 0.25) is 0 Å². The van der Waals surface area contributed by atoms with Crippen LogP contribution in [0, 0.1) is 6.92 Å². The van der Waals surface area contributed by atoms with E-state index in [9.17, 15) is 21.6 Å². The van der Waals surface area contributed by atoms with E-state index in [2.05, 4.69) is 4.74 Å². The number of thiol groups is 1. The average molecular weight is 240 g/mol. The minimum absolute atomic E-state index is 0.479. The fourth-order valence-corrected chi connectivity index (χ4v) is 1.46. The monoisotopic (exact) mass is 240 g/mol. The third-order valence-corrected chi connectivity index (χ3v) is 2.30. The lowest BCUT2D eigenvalue weighted by molar-refractivity contribution is -0.275. The molecule has 0 aliphatic rings. The third kappa shape index (κ3) is 3.43. The molecule has 0 unspecified atom stereocenters. The maximum Gasteiger partial charge on any atom is 0.573 e. The van der Waals surface area contributed by atoms with Crippen molar-refractivity contribution in [3.05, 3.63) is 23.8 Å². The van der Waals surface area contributed by atoms with E-state index in [1.165, 1.54) is 13.0 Å². The molecule has 0 aliphatic carbocycles. The Bertz CT molecular complexity index is 429. The Balaban J connectivity index is 3.19.